The molecule has 0 aliphatic carbocycles. The summed E-state index contributed by atoms with van der Waals surface area (Å²) in [5.41, 5.74) is 0. The summed E-state index contributed by atoms with van der Waals surface area (Å²) in [7, 11) is 1.64. The number of carbonyl (C=O) groups excluding carboxylic acids is 2. The highest BCUT2D eigenvalue weighted by Gasteiger charge is 1.98. The van der Waals surface area contributed by atoms with Crippen LogP contribution in [0.1, 0.15) is 32.1 Å². The van der Waals surface area contributed by atoms with Gasteiger partial charge in [0.2, 0.25) is 5.91 Å². The smallest absolute Gasteiger partial charge is 0.330 e. The van der Waals surface area contributed by atoms with Crippen LogP contribution in [0.25, 0.3) is 0 Å². The lowest BCUT2D eigenvalue weighted by molar-refractivity contribution is -0.137. The topological polar surface area (TPSA) is 55.4 Å². The maximum absolute atomic E-state index is 10.8. The molecule has 0 aliphatic rings. The minimum Gasteiger partial charge on any atom is -0.463 e. The predicted molar refractivity (Wildman–Crippen MR) is 58.3 cm³/mol. The van der Waals surface area contributed by atoms with Crippen LogP contribution in [-0.4, -0.2) is 25.5 Å². The third kappa shape index (κ3) is 9.00. The van der Waals surface area contributed by atoms with Gasteiger partial charge in [0.1, 0.15) is 0 Å². The van der Waals surface area contributed by atoms with E-state index in [0.717, 1.165) is 31.8 Å². The zero-order valence-corrected chi connectivity index (χ0v) is 9.25. The summed E-state index contributed by atoms with van der Waals surface area (Å²) < 4.78 is 4.80. The minimum absolute atomic E-state index is 0.0769. The molecule has 0 fully saturated rings. The Bertz CT molecular complexity index is 214. The largest absolute Gasteiger partial charge is 0.463 e. The van der Waals surface area contributed by atoms with Crippen LogP contribution in [0, 0.1) is 0 Å². The van der Waals surface area contributed by atoms with E-state index in [2.05, 4.69) is 11.9 Å². The molecule has 4 nitrogen and oxygen atoms in total. The van der Waals surface area contributed by atoms with Crippen molar-refractivity contribution in [3.8, 4) is 0 Å². The van der Waals surface area contributed by atoms with Gasteiger partial charge in [-0.2, -0.15) is 0 Å². The van der Waals surface area contributed by atoms with Crippen molar-refractivity contribution < 1.29 is 14.3 Å². The number of carbonyl (C=O) groups is 2. The second-order valence-corrected chi connectivity index (χ2v) is 3.21. The lowest BCUT2D eigenvalue weighted by Crippen LogP contribution is -2.16. The number of nitrogens with one attached hydrogen (secondary N) is 1. The Balaban J connectivity index is 3.15. The Morgan fingerprint density at radius 3 is 2.53 bits per heavy atom. The van der Waals surface area contributed by atoms with Gasteiger partial charge in [-0.1, -0.05) is 19.4 Å². The van der Waals surface area contributed by atoms with E-state index in [1.807, 2.05) is 0 Å². The van der Waals surface area contributed by atoms with Crippen molar-refractivity contribution in [2.75, 3.05) is 13.7 Å². The Kier molecular flexibility index (Phi) is 8.43. The molecule has 1 amide bonds. The van der Waals surface area contributed by atoms with Crippen LogP contribution in [0.3, 0.4) is 0 Å². The Hall–Kier alpha value is -1.32. The van der Waals surface area contributed by atoms with Gasteiger partial charge in [-0.3, -0.25) is 4.79 Å². The van der Waals surface area contributed by atoms with Crippen molar-refractivity contribution >= 4 is 11.9 Å². The SMILES string of the molecule is C=CC(=O)OCCCCCCC(=O)NC. The molecule has 0 aromatic carbocycles. The predicted octanol–water partition coefficient (Wildman–Crippen LogP) is 1.41. The van der Waals surface area contributed by atoms with Crippen LogP contribution in [0.2, 0.25) is 0 Å². The number of esters is 1. The molecule has 0 atom stereocenters. The molecule has 4 heteroatoms. The molecule has 0 saturated carbocycles. The fourth-order valence-corrected chi connectivity index (χ4v) is 1.10. The molecule has 0 aromatic rings. The van der Waals surface area contributed by atoms with Crippen molar-refractivity contribution in [1.82, 2.24) is 5.32 Å². The summed E-state index contributed by atoms with van der Waals surface area (Å²) in [4.78, 5) is 21.5. The molecule has 0 radical (unpaired) electrons. The van der Waals surface area contributed by atoms with Crippen molar-refractivity contribution in [1.29, 1.82) is 0 Å². The summed E-state index contributed by atoms with van der Waals surface area (Å²) in [6.07, 6.45) is 5.41. The molecule has 15 heavy (non-hydrogen) atoms. The van der Waals surface area contributed by atoms with Crippen molar-refractivity contribution in [3.05, 3.63) is 12.7 Å². The van der Waals surface area contributed by atoms with Crippen molar-refractivity contribution in [2.45, 2.75) is 32.1 Å². The van der Waals surface area contributed by atoms with Crippen molar-refractivity contribution in [2.24, 2.45) is 0 Å². The van der Waals surface area contributed by atoms with E-state index in [4.69, 9.17) is 4.74 Å². The number of unbranched alkanes of at least 4 members (excludes halogenated alkanes) is 3. The van der Waals surface area contributed by atoms with Crippen LogP contribution in [0.15, 0.2) is 12.7 Å². The van der Waals surface area contributed by atoms with Crippen LogP contribution in [0.4, 0.5) is 0 Å². The first-order valence-electron chi connectivity index (χ1n) is 5.20. The molecular weight excluding hydrogens is 194 g/mol. The van der Waals surface area contributed by atoms with E-state index >= 15 is 0 Å². The second-order valence-electron chi connectivity index (χ2n) is 3.21. The first-order valence-corrected chi connectivity index (χ1v) is 5.20. The normalized spacial score (nSPS) is 9.40. The quantitative estimate of drug-likeness (QED) is 0.377. The Labute approximate surface area is 90.7 Å². The van der Waals surface area contributed by atoms with E-state index in [-0.39, 0.29) is 11.9 Å². The number of amides is 1. The third-order valence-corrected chi connectivity index (χ3v) is 1.99. The van der Waals surface area contributed by atoms with Gasteiger partial charge in [0.05, 0.1) is 6.61 Å². The van der Waals surface area contributed by atoms with Gasteiger partial charge in [-0.15, -0.1) is 0 Å². The third-order valence-electron chi connectivity index (χ3n) is 1.99. The molecule has 0 rings (SSSR count). The Morgan fingerprint density at radius 1 is 1.27 bits per heavy atom. The number of hydrogen-bond acceptors (Lipinski definition) is 3. The van der Waals surface area contributed by atoms with Gasteiger partial charge in [-0.25, -0.2) is 4.79 Å². The molecule has 0 saturated heterocycles. The average Bonchev–Trinajstić information content (AvgIpc) is 2.26. The first-order chi connectivity index (χ1) is 7.20. The van der Waals surface area contributed by atoms with Gasteiger partial charge >= 0.3 is 5.97 Å². The molecule has 86 valence electrons. The van der Waals surface area contributed by atoms with Gasteiger partial charge < -0.3 is 10.1 Å². The van der Waals surface area contributed by atoms with Crippen LogP contribution in [0.5, 0.6) is 0 Å². The standard InChI is InChI=1S/C11H19NO3/c1-3-11(14)15-9-7-5-4-6-8-10(13)12-2/h3H,1,4-9H2,2H3,(H,12,13). The molecule has 0 spiro atoms. The molecular formula is C11H19NO3. The maximum atomic E-state index is 10.8. The number of ether oxygens (including phenoxy) is 1. The lowest BCUT2D eigenvalue weighted by atomic mass is 10.1. The minimum atomic E-state index is -0.375. The van der Waals surface area contributed by atoms with E-state index in [0.29, 0.717) is 13.0 Å². The molecule has 0 aromatic heterocycles. The van der Waals surface area contributed by atoms with Gasteiger partial charge in [0.25, 0.3) is 0 Å². The summed E-state index contributed by atoms with van der Waals surface area (Å²) in [6, 6.07) is 0. The van der Waals surface area contributed by atoms with Crippen LogP contribution < -0.4 is 5.32 Å². The summed E-state index contributed by atoms with van der Waals surface area (Å²) in [5, 5.41) is 2.57. The second kappa shape index (κ2) is 9.24. The average molecular weight is 213 g/mol. The monoisotopic (exact) mass is 213 g/mol. The lowest BCUT2D eigenvalue weighted by Gasteiger charge is -2.02. The van der Waals surface area contributed by atoms with E-state index in [9.17, 15) is 9.59 Å². The molecule has 1 N–H and O–H groups in total. The van der Waals surface area contributed by atoms with Crippen LogP contribution in [-0.2, 0) is 14.3 Å². The molecule has 0 unspecified atom stereocenters. The van der Waals surface area contributed by atoms with Crippen molar-refractivity contribution in [3.63, 3.8) is 0 Å². The molecule has 0 bridgehead atoms. The van der Waals surface area contributed by atoms with E-state index in [1.165, 1.54) is 0 Å². The summed E-state index contributed by atoms with van der Waals surface area (Å²) in [5.74, 6) is -0.298. The maximum Gasteiger partial charge on any atom is 0.330 e. The highest BCUT2D eigenvalue weighted by Crippen LogP contribution is 2.03. The molecule has 0 heterocycles. The van der Waals surface area contributed by atoms with E-state index in [1.54, 1.807) is 7.05 Å². The van der Waals surface area contributed by atoms with Gasteiger partial charge in [0.15, 0.2) is 0 Å². The highest BCUT2D eigenvalue weighted by molar-refractivity contribution is 5.81. The fourth-order valence-electron chi connectivity index (χ4n) is 1.10. The van der Waals surface area contributed by atoms with E-state index < -0.39 is 0 Å². The fraction of sp³-hybridized carbons (Fsp3) is 0.636. The zero-order valence-electron chi connectivity index (χ0n) is 9.25. The first kappa shape index (κ1) is 13.7. The van der Waals surface area contributed by atoms with Crippen LogP contribution >= 0.6 is 0 Å². The summed E-state index contributed by atoms with van der Waals surface area (Å²) >= 11 is 0. The Morgan fingerprint density at radius 2 is 1.93 bits per heavy atom. The van der Waals surface area contributed by atoms with Gasteiger partial charge in [0, 0.05) is 19.5 Å². The summed E-state index contributed by atoms with van der Waals surface area (Å²) in [6.45, 7) is 3.73. The highest BCUT2D eigenvalue weighted by atomic mass is 16.5. The zero-order chi connectivity index (χ0) is 11.5. The van der Waals surface area contributed by atoms with Gasteiger partial charge in [-0.05, 0) is 12.8 Å². The molecule has 0 aliphatic heterocycles. The number of rotatable bonds is 8. The number of hydrogen-bond donors (Lipinski definition) is 1.